The molecule has 4 amide bonds. The Labute approximate surface area is 205 Å². The lowest BCUT2D eigenvalue weighted by atomic mass is 10.0. The lowest BCUT2D eigenvalue weighted by Gasteiger charge is -2.27. The van der Waals surface area contributed by atoms with Crippen molar-refractivity contribution in [2.24, 2.45) is 0 Å². The van der Waals surface area contributed by atoms with Gasteiger partial charge in [0.1, 0.15) is 24.4 Å². The molecule has 0 bridgehead atoms. The number of fused-ring (bicyclic) bond motifs is 1. The van der Waals surface area contributed by atoms with Crippen molar-refractivity contribution in [2.75, 3.05) is 20.2 Å². The molecule has 0 aliphatic carbocycles. The largest absolute Gasteiger partial charge is 0.491 e. The zero-order valence-electron chi connectivity index (χ0n) is 20.2. The first-order chi connectivity index (χ1) is 16.7. The average Bonchev–Trinajstić information content (AvgIpc) is 2.82. The number of carbonyl (C=O) groups is 4. The number of likely N-dealkylation sites (N-methyl/N-ethyl adjacent to an activating group) is 1. The smallest absolute Gasteiger partial charge is 0.255 e. The number of nitrogens with one attached hydrogen (secondary N) is 3. The molecule has 9 heteroatoms. The van der Waals surface area contributed by atoms with E-state index >= 15 is 0 Å². The summed E-state index contributed by atoms with van der Waals surface area (Å²) >= 11 is 0. The van der Waals surface area contributed by atoms with Crippen LogP contribution in [0.25, 0.3) is 0 Å². The fourth-order valence-corrected chi connectivity index (χ4v) is 3.77. The van der Waals surface area contributed by atoms with Gasteiger partial charge >= 0.3 is 0 Å². The summed E-state index contributed by atoms with van der Waals surface area (Å²) in [7, 11) is 1.64. The molecule has 0 unspecified atom stereocenters. The second kappa shape index (κ2) is 12.0. The molecular formula is C26H32N4O5. The van der Waals surface area contributed by atoms with Crippen LogP contribution < -0.4 is 20.7 Å². The van der Waals surface area contributed by atoms with E-state index in [0.717, 1.165) is 5.56 Å². The van der Waals surface area contributed by atoms with Crippen molar-refractivity contribution in [2.45, 2.75) is 44.8 Å². The zero-order valence-corrected chi connectivity index (χ0v) is 20.2. The van der Waals surface area contributed by atoms with Gasteiger partial charge in [-0.1, -0.05) is 42.5 Å². The van der Waals surface area contributed by atoms with E-state index in [0.29, 0.717) is 5.75 Å². The van der Waals surface area contributed by atoms with E-state index in [1.807, 2.05) is 30.3 Å². The molecule has 2 aromatic rings. The van der Waals surface area contributed by atoms with Crippen LogP contribution in [0, 0.1) is 0 Å². The fourth-order valence-electron chi connectivity index (χ4n) is 3.77. The topological polar surface area (TPSA) is 117 Å². The molecule has 0 saturated carbocycles. The van der Waals surface area contributed by atoms with Crippen LogP contribution in [-0.4, -0.2) is 66.9 Å². The van der Waals surface area contributed by atoms with Crippen LogP contribution in [0.15, 0.2) is 54.6 Å². The molecule has 0 saturated heterocycles. The van der Waals surface area contributed by atoms with Gasteiger partial charge in [-0.25, -0.2) is 0 Å². The number of benzene rings is 2. The molecule has 1 heterocycles. The Hall–Kier alpha value is -3.88. The van der Waals surface area contributed by atoms with Gasteiger partial charge in [-0.3, -0.25) is 19.2 Å². The number of amides is 4. The van der Waals surface area contributed by atoms with Gasteiger partial charge in [0.25, 0.3) is 5.91 Å². The molecular weight excluding hydrogens is 448 g/mol. The molecule has 1 aliphatic rings. The highest BCUT2D eigenvalue weighted by Gasteiger charge is 2.30. The van der Waals surface area contributed by atoms with Crippen LogP contribution in [0.4, 0.5) is 0 Å². The molecule has 2 atom stereocenters. The van der Waals surface area contributed by atoms with Crippen LogP contribution >= 0.6 is 0 Å². The summed E-state index contributed by atoms with van der Waals surface area (Å²) in [5.74, 6) is -1.48. The fraction of sp³-hybridized carbons (Fsp3) is 0.385. The van der Waals surface area contributed by atoms with Gasteiger partial charge in [-0.15, -0.1) is 0 Å². The van der Waals surface area contributed by atoms with E-state index in [9.17, 15) is 19.2 Å². The number of hydrogen-bond acceptors (Lipinski definition) is 5. The second-order valence-corrected chi connectivity index (χ2v) is 8.81. The highest BCUT2D eigenvalue weighted by molar-refractivity contribution is 6.01. The summed E-state index contributed by atoms with van der Waals surface area (Å²) < 4.78 is 5.81. The number of ether oxygens (including phenoxy) is 1. The molecule has 2 aromatic carbocycles. The minimum Gasteiger partial charge on any atom is -0.491 e. The van der Waals surface area contributed by atoms with E-state index in [2.05, 4.69) is 16.0 Å². The first kappa shape index (κ1) is 25.7. The van der Waals surface area contributed by atoms with Crippen LogP contribution in [-0.2, 0) is 20.8 Å². The van der Waals surface area contributed by atoms with Crippen LogP contribution in [0.1, 0.15) is 36.2 Å². The Balaban J connectivity index is 1.91. The normalized spacial score (nSPS) is 19.7. The third kappa shape index (κ3) is 7.30. The van der Waals surface area contributed by atoms with Gasteiger partial charge in [0, 0.05) is 19.5 Å². The van der Waals surface area contributed by atoms with E-state index in [-0.39, 0.29) is 43.5 Å². The third-order valence-electron chi connectivity index (χ3n) is 5.55. The molecule has 0 fully saturated rings. The molecule has 0 spiro atoms. The SMILES string of the molecule is CC(C)NC(=O)[C@@H]1CC(=O)N[C@@H](Cc2ccccc2)C(=O)N(C)CCOc2ccccc2C(=O)N1. The van der Waals surface area contributed by atoms with Crippen LogP contribution in [0.2, 0.25) is 0 Å². The van der Waals surface area contributed by atoms with E-state index in [1.54, 1.807) is 45.2 Å². The zero-order chi connectivity index (χ0) is 25.4. The lowest BCUT2D eigenvalue weighted by Crippen LogP contribution is -2.54. The molecule has 3 rings (SSSR count). The highest BCUT2D eigenvalue weighted by Crippen LogP contribution is 2.19. The summed E-state index contributed by atoms with van der Waals surface area (Å²) in [4.78, 5) is 53.6. The number of carbonyl (C=O) groups excluding carboxylic acids is 4. The van der Waals surface area contributed by atoms with Gasteiger partial charge in [0.05, 0.1) is 18.5 Å². The number of nitrogens with zero attached hydrogens (tertiary/aromatic N) is 1. The standard InChI is InChI=1S/C26H32N4O5/c1-17(2)27-25(33)20-16-23(31)28-21(15-18-9-5-4-6-10-18)26(34)30(3)13-14-35-22-12-8-7-11-19(22)24(32)29-20/h4-12,17,20-21H,13-16H2,1-3H3,(H,27,33)(H,28,31)(H,29,32)/t20-,21-/m0/s1. The Morgan fingerprint density at radius 3 is 2.46 bits per heavy atom. The maximum atomic E-state index is 13.2. The highest BCUT2D eigenvalue weighted by atomic mass is 16.5. The molecule has 0 radical (unpaired) electrons. The van der Waals surface area contributed by atoms with Gasteiger partial charge in [0.2, 0.25) is 17.7 Å². The van der Waals surface area contributed by atoms with Crippen molar-refractivity contribution in [1.82, 2.24) is 20.9 Å². The van der Waals surface area contributed by atoms with Crippen LogP contribution in [0.5, 0.6) is 5.75 Å². The summed E-state index contributed by atoms with van der Waals surface area (Å²) in [5.41, 5.74) is 1.12. The summed E-state index contributed by atoms with van der Waals surface area (Å²) in [6, 6.07) is 13.8. The number of para-hydroxylation sites is 1. The van der Waals surface area contributed by atoms with Crippen molar-refractivity contribution < 1.29 is 23.9 Å². The second-order valence-electron chi connectivity index (χ2n) is 8.81. The Bertz CT molecular complexity index is 1060. The van der Waals surface area contributed by atoms with Crippen molar-refractivity contribution in [1.29, 1.82) is 0 Å². The molecule has 35 heavy (non-hydrogen) atoms. The predicted molar refractivity (Wildman–Crippen MR) is 131 cm³/mol. The molecule has 3 N–H and O–H groups in total. The molecule has 186 valence electrons. The molecule has 1 aliphatic heterocycles. The third-order valence-corrected chi connectivity index (χ3v) is 5.55. The maximum absolute atomic E-state index is 13.2. The lowest BCUT2D eigenvalue weighted by molar-refractivity contribution is -0.136. The van der Waals surface area contributed by atoms with Gasteiger partial charge < -0.3 is 25.6 Å². The van der Waals surface area contributed by atoms with Crippen molar-refractivity contribution in [3.8, 4) is 5.75 Å². The monoisotopic (exact) mass is 480 g/mol. The summed E-state index contributed by atoms with van der Waals surface area (Å²) in [6.45, 7) is 3.98. The van der Waals surface area contributed by atoms with Crippen molar-refractivity contribution in [3.05, 3.63) is 65.7 Å². The first-order valence-electron chi connectivity index (χ1n) is 11.7. The van der Waals surface area contributed by atoms with Gasteiger partial charge in [0.15, 0.2) is 0 Å². The van der Waals surface area contributed by atoms with Gasteiger partial charge in [-0.2, -0.15) is 0 Å². The van der Waals surface area contributed by atoms with E-state index in [4.69, 9.17) is 4.74 Å². The van der Waals surface area contributed by atoms with Crippen LogP contribution in [0.3, 0.4) is 0 Å². The Morgan fingerprint density at radius 1 is 1.06 bits per heavy atom. The number of rotatable bonds is 4. The van der Waals surface area contributed by atoms with E-state index < -0.39 is 29.8 Å². The Morgan fingerprint density at radius 2 is 1.74 bits per heavy atom. The van der Waals surface area contributed by atoms with Gasteiger partial charge in [-0.05, 0) is 31.5 Å². The van der Waals surface area contributed by atoms with E-state index in [1.165, 1.54) is 4.90 Å². The van der Waals surface area contributed by atoms with Crippen molar-refractivity contribution >= 4 is 23.6 Å². The molecule has 0 aromatic heterocycles. The number of hydrogen-bond donors (Lipinski definition) is 3. The molecule has 9 nitrogen and oxygen atoms in total. The summed E-state index contributed by atoms with van der Waals surface area (Å²) in [6.07, 6.45) is -0.0374. The first-order valence-corrected chi connectivity index (χ1v) is 11.7. The Kier molecular flexibility index (Phi) is 8.83. The average molecular weight is 481 g/mol. The minimum absolute atomic E-state index is 0.149. The predicted octanol–water partition coefficient (Wildman–Crippen LogP) is 1.28. The minimum atomic E-state index is -1.13. The van der Waals surface area contributed by atoms with Crippen molar-refractivity contribution in [3.63, 3.8) is 0 Å². The summed E-state index contributed by atoms with van der Waals surface area (Å²) in [5, 5.41) is 8.17. The maximum Gasteiger partial charge on any atom is 0.255 e. The quantitative estimate of drug-likeness (QED) is 0.610.